The van der Waals surface area contributed by atoms with Gasteiger partial charge in [-0.25, -0.2) is 0 Å². The molecular formula is C17H32O3. The van der Waals surface area contributed by atoms with Gasteiger partial charge in [-0.15, -0.1) is 0 Å². The van der Waals surface area contributed by atoms with Crippen LogP contribution in [0.25, 0.3) is 0 Å². The average molecular weight is 284 g/mol. The SMILES string of the molecule is CCCCCCCCCCCCCC(=O)CC(=O)OC. The average Bonchev–Trinajstić information content (AvgIpc) is 2.44. The second kappa shape index (κ2) is 14.5. The number of methoxy groups -OCH3 is 1. The van der Waals surface area contributed by atoms with Gasteiger partial charge in [-0.05, 0) is 6.42 Å². The molecule has 0 aromatic carbocycles. The van der Waals surface area contributed by atoms with Crippen LogP contribution < -0.4 is 0 Å². The lowest BCUT2D eigenvalue weighted by Gasteiger charge is -2.02. The van der Waals surface area contributed by atoms with E-state index in [0.29, 0.717) is 6.42 Å². The standard InChI is InChI=1S/C17H32O3/c1-3-4-5-6-7-8-9-10-11-12-13-14-16(18)15-17(19)20-2/h3-15H2,1-2H3. The molecule has 118 valence electrons. The van der Waals surface area contributed by atoms with E-state index in [1.807, 2.05) is 0 Å². The normalized spacial score (nSPS) is 10.5. The molecule has 3 heteroatoms. The summed E-state index contributed by atoms with van der Waals surface area (Å²) in [6, 6.07) is 0. The number of ether oxygens (including phenoxy) is 1. The van der Waals surface area contributed by atoms with Gasteiger partial charge >= 0.3 is 5.97 Å². The molecule has 0 heterocycles. The zero-order chi connectivity index (χ0) is 15.1. The summed E-state index contributed by atoms with van der Waals surface area (Å²) >= 11 is 0. The van der Waals surface area contributed by atoms with E-state index in [1.54, 1.807) is 0 Å². The molecule has 0 aliphatic carbocycles. The summed E-state index contributed by atoms with van der Waals surface area (Å²) in [5.41, 5.74) is 0. The number of carbonyl (C=O) groups excluding carboxylic acids is 2. The molecule has 0 fully saturated rings. The first-order valence-electron chi connectivity index (χ1n) is 8.29. The quantitative estimate of drug-likeness (QED) is 0.261. The van der Waals surface area contributed by atoms with Crippen LogP contribution in [-0.2, 0) is 14.3 Å². The molecule has 0 rings (SSSR count). The van der Waals surface area contributed by atoms with E-state index in [4.69, 9.17) is 0 Å². The van der Waals surface area contributed by atoms with E-state index in [2.05, 4.69) is 11.7 Å². The van der Waals surface area contributed by atoms with Crippen molar-refractivity contribution in [3.05, 3.63) is 0 Å². The molecule has 0 saturated carbocycles. The Hall–Kier alpha value is -0.860. The van der Waals surface area contributed by atoms with E-state index in [9.17, 15) is 9.59 Å². The molecule has 0 saturated heterocycles. The van der Waals surface area contributed by atoms with Crippen molar-refractivity contribution in [3.63, 3.8) is 0 Å². The fraction of sp³-hybridized carbons (Fsp3) is 0.882. The molecular weight excluding hydrogens is 252 g/mol. The summed E-state index contributed by atoms with van der Waals surface area (Å²) in [4.78, 5) is 22.3. The first-order chi connectivity index (χ1) is 9.70. The van der Waals surface area contributed by atoms with Crippen LogP contribution in [0.5, 0.6) is 0 Å². The van der Waals surface area contributed by atoms with Gasteiger partial charge in [0.15, 0.2) is 0 Å². The Morgan fingerprint density at radius 2 is 1.20 bits per heavy atom. The third-order valence-electron chi connectivity index (χ3n) is 3.63. The van der Waals surface area contributed by atoms with Gasteiger partial charge < -0.3 is 4.74 Å². The Labute approximate surface area is 124 Å². The van der Waals surface area contributed by atoms with Crippen molar-refractivity contribution in [1.29, 1.82) is 0 Å². The molecule has 0 unspecified atom stereocenters. The van der Waals surface area contributed by atoms with E-state index < -0.39 is 5.97 Å². The highest BCUT2D eigenvalue weighted by molar-refractivity contribution is 5.95. The van der Waals surface area contributed by atoms with Crippen molar-refractivity contribution in [1.82, 2.24) is 0 Å². The molecule has 0 bridgehead atoms. The Morgan fingerprint density at radius 3 is 1.65 bits per heavy atom. The minimum atomic E-state index is -0.418. The zero-order valence-electron chi connectivity index (χ0n) is 13.4. The summed E-state index contributed by atoms with van der Waals surface area (Å²) in [6.45, 7) is 2.25. The van der Waals surface area contributed by atoms with Gasteiger partial charge in [-0.3, -0.25) is 9.59 Å². The van der Waals surface area contributed by atoms with Gasteiger partial charge in [0.2, 0.25) is 0 Å². The molecule has 0 atom stereocenters. The van der Waals surface area contributed by atoms with Crippen LogP contribution in [0.3, 0.4) is 0 Å². The van der Waals surface area contributed by atoms with Crippen molar-refractivity contribution >= 4 is 11.8 Å². The van der Waals surface area contributed by atoms with Crippen LogP contribution in [0, 0.1) is 0 Å². The summed E-state index contributed by atoms with van der Waals surface area (Å²) in [5, 5.41) is 0. The van der Waals surface area contributed by atoms with Crippen molar-refractivity contribution in [3.8, 4) is 0 Å². The number of carbonyl (C=O) groups is 2. The van der Waals surface area contributed by atoms with Crippen LogP contribution in [0.1, 0.15) is 90.4 Å². The van der Waals surface area contributed by atoms with Crippen molar-refractivity contribution in [2.24, 2.45) is 0 Å². The van der Waals surface area contributed by atoms with E-state index in [1.165, 1.54) is 64.9 Å². The molecule has 0 amide bonds. The second-order valence-corrected chi connectivity index (χ2v) is 5.58. The highest BCUT2D eigenvalue weighted by Crippen LogP contribution is 2.12. The Bertz CT molecular complexity index is 249. The smallest absolute Gasteiger partial charge is 0.313 e. The van der Waals surface area contributed by atoms with Gasteiger partial charge in [-0.2, -0.15) is 0 Å². The lowest BCUT2D eigenvalue weighted by molar-refractivity contribution is -0.143. The number of rotatable bonds is 14. The first-order valence-corrected chi connectivity index (χ1v) is 8.29. The highest BCUT2D eigenvalue weighted by atomic mass is 16.5. The number of hydrogen-bond acceptors (Lipinski definition) is 3. The van der Waals surface area contributed by atoms with Crippen LogP contribution >= 0.6 is 0 Å². The molecule has 0 aliphatic heterocycles. The topological polar surface area (TPSA) is 43.4 Å². The number of ketones is 1. The molecule has 0 radical (unpaired) electrons. The summed E-state index contributed by atoms with van der Waals surface area (Å²) in [7, 11) is 1.32. The van der Waals surface area contributed by atoms with E-state index in [-0.39, 0.29) is 12.2 Å². The van der Waals surface area contributed by atoms with Crippen molar-refractivity contribution in [2.75, 3.05) is 7.11 Å². The van der Waals surface area contributed by atoms with Crippen molar-refractivity contribution in [2.45, 2.75) is 90.4 Å². The molecule has 0 aliphatic rings. The van der Waals surface area contributed by atoms with E-state index >= 15 is 0 Å². The van der Waals surface area contributed by atoms with Gasteiger partial charge in [0.05, 0.1) is 7.11 Å². The largest absolute Gasteiger partial charge is 0.469 e. The van der Waals surface area contributed by atoms with Crippen LogP contribution in [0.15, 0.2) is 0 Å². The van der Waals surface area contributed by atoms with Crippen molar-refractivity contribution < 1.29 is 14.3 Å². The lowest BCUT2D eigenvalue weighted by atomic mass is 10.0. The molecule has 0 aromatic rings. The molecule has 0 aromatic heterocycles. The molecule has 0 N–H and O–H groups in total. The maximum Gasteiger partial charge on any atom is 0.313 e. The minimum Gasteiger partial charge on any atom is -0.469 e. The Balaban J connectivity index is 3.16. The third-order valence-corrected chi connectivity index (χ3v) is 3.63. The molecule has 0 spiro atoms. The number of hydrogen-bond donors (Lipinski definition) is 0. The summed E-state index contributed by atoms with van der Waals surface area (Å²) < 4.78 is 4.47. The highest BCUT2D eigenvalue weighted by Gasteiger charge is 2.08. The fourth-order valence-electron chi connectivity index (χ4n) is 2.31. The van der Waals surface area contributed by atoms with Gasteiger partial charge in [0, 0.05) is 6.42 Å². The number of esters is 1. The Kier molecular flexibility index (Phi) is 13.9. The summed E-state index contributed by atoms with van der Waals surface area (Å²) in [5.74, 6) is -0.411. The first kappa shape index (κ1) is 19.1. The number of unbranched alkanes of at least 4 members (excludes halogenated alkanes) is 10. The van der Waals surface area contributed by atoms with E-state index in [0.717, 1.165) is 12.8 Å². The second-order valence-electron chi connectivity index (χ2n) is 5.58. The number of Topliss-reactive ketones (excluding diaryl/α,β-unsaturated/α-hetero) is 1. The fourth-order valence-corrected chi connectivity index (χ4v) is 2.31. The van der Waals surface area contributed by atoms with Gasteiger partial charge in [0.1, 0.15) is 12.2 Å². The van der Waals surface area contributed by atoms with Gasteiger partial charge in [-0.1, -0.05) is 71.1 Å². The zero-order valence-corrected chi connectivity index (χ0v) is 13.4. The lowest BCUT2D eigenvalue weighted by Crippen LogP contribution is -2.08. The Morgan fingerprint density at radius 1 is 0.750 bits per heavy atom. The summed E-state index contributed by atoms with van der Waals surface area (Å²) in [6.07, 6.45) is 14.5. The molecule has 20 heavy (non-hydrogen) atoms. The predicted octanol–water partition coefficient (Wildman–Crippen LogP) is 4.82. The monoisotopic (exact) mass is 284 g/mol. The third kappa shape index (κ3) is 13.6. The van der Waals surface area contributed by atoms with Crippen LogP contribution in [0.2, 0.25) is 0 Å². The van der Waals surface area contributed by atoms with Crippen LogP contribution in [-0.4, -0.2) is 18.9 Å². The maximum atomic E-state index is 11.4. The molecule has 3 nitrogen and oxygen atoms in total. The van der Waals surface area contributed by atoms with Gasteiger partial charge in [0.25, 0.3) is 0 Å². The maximum absolute atomic E-state index is 11.4. The van der Waals surface area contributed by atoms with Crippen LogP contribution in [0.4, 0.5) is 0 Å². The minimum absolute atomic E-state index is 0.00720. The predicted molar refractivity (Wildman–Crippen MR) is 82.7 cm³/mol.